The molecule has 8 heteroatoms. The highest BCUT2D eigenvalue weighted by Gasteiger charge is 2.20. The lowest BCUT2D eigenvalue weighted by atomic mass is 10.1. The highest BCUT2D eigenvalue weighted by Crippen LogP contribution is 2.10. The number of hydrogen-bond acceptors (Lipinski definition) is 2. The summed E-state index contributed by atoms with van der Waals surface area (Å²) in [5, 5.41) is 3.21. The van der Waals surface area contributed by atoms with Crippen LogP contribution < -0.4 is 5.32 Å². The minimum Gasteiger partial charge on any atom is -0.357 e. The Labute approximate surface area is 164 Å². The van der Waals surface area contributed by atoms with Gasteiger partial charge in [-0.1, -0.05) is 0 Å². The molecule has 25 heavy (non-hydrogen) atoms. The molecule has 0 spiro atoms. The van der Waals surface area contributed by atoms with E-state index in [-0.39, 0.29) is 29.9 Å². The number of rotatable bonds is 4. The van der Waals surface area contributed by atoms with Gasteiger partial charge in [0.15, 0.2) is 5.96 Å². The van der Waals surface area contributed by atoms with Gasteiger partial charge < -0.3 is 15.1 Å². The van der Waals surface area contributed by atoms with Gasteiger partial charge in [-0.25, -0.2) is 8.78 Å². The van der Waals surface area contributed by atoms with Crippen LogP contribution in [0.25, 0.3) is 0 Å². The number of hydrogen-bond donors (Lipinski definition) is 1. The Bertz CT molecular complexity index is 604. The molecule has 1 heterocycles. The summed E-state index contributed by atoms with van der Waals surface area (Å²) in [6.07, 6.45) is 0.339. The number of piperazine rings is 1. The maximum Gasteiger partial charge on any atom is 0.219 e. The van der Waals surface area contributed by atoms with E-state index < -0.39 is 11.6 Å². The van der Waals surface area contributed by atoms with Crippen molar-refractivity contribution in [3.8, 4) is 0 Å². The summed E-state index contributed by atoms with van der Waals surface area (Å²) in [5.41, 5.74) is 0.330. The van der Waals surface area contributed by atoms with E-state index >= 15 is 0 Å². The van der Waals surface area contributed by atoms with Crippen LogP contribution in [-0.4, -0.2) is 60.9 Å². The first-order chi connectivity index (χ1) is 11.5. The molecule has 1 amide bonds. The molecule has 1 fully saturated rings. The van der Waals surface area contributed by atoms with E-state index in [1.165, 1.54) is 6.07 Å². The maximum atomic E-state index is 13.6. The quantitative estimate of drug-likeness (QED) is 0.421. The Morgan fingerprint density at radius 1 is 1.20 bits per heavy atom. The predicted molar refractivity (Wildman–Crippen MR) is 105 cm³/mol. The van der Waals surface area contributed by atoms with E-state index in [1.807, 2.05) is 11.8 Å². The molecular formula is C17H25F2IN4O. The van der Waals surface area contributed by atoms with Crippen LogP contribution in [-0.2, 0) is 11.2 Å². The zero-order chi connectivity index (χ0) is 17.5. The van der Waals surface area contributed by atoms with Gasteiger partial charge in [0.2, 0.25) is 5.91 Å². The van der Waals surface area contributed by atoms with Gasteiger partial charge >= 0.3 is 0 Å². The summed E-state index contributed by atoms with van der Waals surface area (Å²) in [4.78, 5) is 19.8. The van der Waals surface area contributed by atoms with Crippen molar-refractivity contribution in [2.75, 3.05) is 39.3 Å². The van der Waals surface area contributed by atoms with E-state index in [4.69, 9.17) is 0 Å². The summed E-state index contributed by atoms with van der Waals surface area (Å²) in [6, 6.07) is 3.46. The van der Waals surface area contributed by atoms with Crippen molar-refractivity contribution in [1.82, 2.24) is 15.1 Å². The zero-order valence-corrected chi connectivity index (χ0v) is 16.9. The molecule has 140 valence electrons. The van der Waals surface area contributed by atoms with Crippen LogP contribution in [0, 0.1) is 11.6 Å². The number of carbonyl (C=O) groups is 1. The largest absolute Gasteiger partial charge is 0.357 e. The van der Waals surface area contributed by atoms with Crippen molar-refractivity contribution in [3.63, 3.8) is 0 Å². The van der Waals surface area contributed by atoms with Crippen molar-refractivity contribution < 1.29 is 13.6 Å². The molecule has 1 aliphatic heterocycles. The normalized spacial score (nSPS) is 15.0. The van der Waals surface area contributed by atoms with Gasteiger partial charge in [0, 0.05) is 46.2 Å². The smallest absolute Gasteiger partial charge is 0.219 e. The third-order valence-corrected chi connectivity index (χ3v) is 4.01. The average Bonchev–Trinajstić information content (AvgIpc) is 2.57. The monoisotopic (exact) mass is 466 g/mol. The minimum atomic E-state index is -0.442. The van der Waals surface area contributed by atoms with Crippen molar-refractivity contribution in [2.45, 2.75) is 20.3 Å². The number of nitrogens with one attached hydrogen (secondary N) is 1. The zero-order valence-electron chi connectivity index (χ0n) is 14.6. The van der Waals surface area contributed by atoms with Crippen LogP contribution >= 0.6 is 24.0 Å². The summed E-state index contributed by atoms with van der Waals surface area (Å²) in [6.45, 7) is 7.39. The molecule has 0 saturated carbocycles. The molecule has 0 unspecified atom stereocenters. The summed E-state index contributed by atoms with van der Waals surface area (Å²) >= 11 is 0. The van der Waals surface area contributed by atoms with E-state index in [0.29, 0.717) is 44.7 Å². The van der Waals surface area contributed by atoms with Gasteiger partial charge in [0.25, 0.3) is 0 Å². The Morgan fingerprint density at radius 2 is 1.84 bits per heavy atom. The molecule has 0 bridgehead atoms. The number of halogens is 3. The second-order valence-corrected chi connectivity index (χ2v) is 5.71. The Hall–Kier alpha value is -1.45. The average molecular weight is 466 g/mol. The molecular weight excluding hydrogens is 441 g/mol. The molecule has 0 atom stereocenters. The Kier molecular flexibility index (Phi) is 9.09. The van der Waals surface area contributed by atoms with Gasteiger partial charge in [-0.3, -0.25) is 9.79 Å². The summed E-state index contributed by atoms with van der Waals surface area (Å²) in [7, 11) is 0. The summed E-state index contributed by atoms with van der Waals surface area (Å²) in [5.74, 6) is -0.0232. The molecule has 0 aliphatic carbocycles. The number of benzene rings is 1. The van der Waals surface area contributed by atoms with Gasteiger partial charge in [-0.15, -0.1) is 24.0 Å². The van der Waals surface area contributed by atoms with Crippen molar-refractivity contribution in [1.29, 1.82) is 0 Å². The van der Waals surface area contributed by atoms with Crippen molar-refractivity contribution in [3.05, 3.63) is 35.4 Å². The maximum absolute atomic E-state index is 13.6. The lowest BCUT2D eigenvalue weighted by Gasteiger charge is -2.36. The van der Waals surface area contributed by atoms with E-state index in [9.17, 15) is 13.6 Å². The first-order valence-corrected chi connectivity index (χ1v) is 8.24. The fraction of sp³-hybridized carbons (Fsp3) is 0.529. The lowest BCUT2D eigenvalue weighted by molar-refractivity contribution is -0.130. The van der Waals surface area contributed by atoms with Crippen LogP contribution in [0.5, 0.6) is 0 Å². The Morgan fingerprint density at radius 3 is 2.44 bits per heavy atom. The minimum absolute atomic E-state index is 0. The van der Waals surface area contributed by atoms with E-state index in [2.05, 4.69) is 15.2 Å². The van der Waals surface area contributed by atoms with Gasteiger partial charge in [-0.05, 0) is 37.1 Å². The first kappa shape index (κ1) is 21.6. The molecule has 1 aromatic carbocycles. The van der Waals surface area contributed by atoms with Crippen LogP contribution in [0.2, 0.25) is 0 Å². The van der Waals surface area contributed by atoms with Gasteiger partial charge in [0.05, 0.1) is 0 Å². The Balaban J connectivity index is 0.00000312. The molecule has 1 saturated heterocycles. The van der Waals surface area contributed by atoms with Crippen LogP contribution in [0.1, 0.15) is 19.4 Å². The predicted octanol–water partition coefficient (Wildman–Crippen LogP) is 2.25. The highest BCUT2D eigenvalue weighted by molar-refractivity contribution is 14.0. The molecule has 0 aromatic heterocycles. The second-order valence-electron chi connectivity index (χ2n) is 5.71. The standard InChI is InChI=1S/C17H24F2N4O.HI/c1-3-20-17(23-10-8-22(9-11-23)13(2)24)21-7-6-14-12-15(18)4-5-16(14)19;/h4-5,12H,3,6-11H2,1-2H3,(H,20,21);1H. The van der Waals surface area contributed by atoms with Crippen molar-refractivity contribution >= 4 is 35.8 Å². The van der Waals surface area contributed by atoms with Crippen LogP contribution in [0.3, 0.4) is 0 Å². The fourth-order valence-corrected chi connectivity index (χ4v) is 2.68. The topological polar surface area (TPSA) is 47.9 Å². The number of guanidine groups is 1. The number of amides is 1. The first-order valence-electron chi connectivity index (χ1n) is 8.24. The number of carbonyl (C=O) groups excluding carboxylic acids is 1. The van der Waals surface area contributed by atoms with Gasteiger partial charge in [0.1, 0.15) is 11.6 Å². The number of aliphatic imine (C=N–C) groups is 1. The molecule has 0 radical (unpaired) electrons. The number of nitrogens with zero attached hydrogens (tertiary/aromatic N) is 3. The molecule has 2 rings (SSSR count). The third-order valence-electron chi connectivity index (χ3n) is 4.01. The molecule has 1 aromatic rings. The van der Waals surface area contributed by atoms with E-state index in [0.717, 1.165) is 24.6 Å². The SMILES string of the molecule is CCNC(=NCCc1cc(F)ccc1F)N1CCN(C(C)=O)CC1.I. The molecule has 5 nitrogen and oxygen atoms in total. The molecule has 1 aliphatic rings. The van der Waals surface area contributed by atoms with Crippen molar-refractivity contribution in [2.24, 2.45) is 4.99 Å². The van der Waals surface area contributed by atoms with E-state index in [1.54, 1.807) is 6.92 Å². The fourth-order valence-electron chi connectivity index (χ4n) is 2.68. The third kappa shape index (κ3) is 6.41. The highest BCUT2D eigenvalue weighted by atomic mass is 127. The van der Waals surface area contributed by atoms with Crippen LogP contribution in [0.4, 0.5) is 8.78 Å². The molecule has 1 N–H and O–H groups in total. The van der Waals surface area contributed by atoms with Gasteiger partial charge in [-0.2, -0.15) is 0 Å². The summed E-state index contributed by atoms with van der Waals surface area (Å²) < 4.78 is 26.8. The second kappa shape index (κ2) is 10.5. The lowest BCUT2D eigenvalue weighted by Crippen LogP contribution is -2.53. The van der Waals surface area contributed by atoms with Crippen LogP contribution in [0.15, 0.2) is 23.2 Å².